The van der Waals surface area contributed by atoms with E-state index in [2.05, 4.69) is 5.32 Å². The maximum Gasteiger partial charge on any atom is 0.317 e. The quantitative estimate of drug-likeness (QED) is 0.913. The van der Waals surface area contributed by atoms with Crippen molar-refractivity contribution in [3.63, 3.8) is 0 Å². The number of amides is 2. The van der Waals surface area contributed by atoms with Crippen LogP contribution in [-0.4, -0.2) is 24.0 Å². The van der Waals surface area contributed by atoms with Gasteiger partial charge in [-0.3, -0.25) is 0 Å². The Hall–Kier alpha value is -2.09. The van der Waals surface area contributed by atoms with Gasteiger partial charge < -0.3 is 10.2 Å². The molecule has 1 aliphatic carbocycles. The third-order valence-electron chi connectivity index (χ3n) is 4.88. The van der Waals surface area contributed by atoms with E-state index in [4.69, 9.17) is 5.26 Å². The molecule has 1 aliphatic heterocycles. The summed E-state index contributed by atoms with van der Waals surface area (Å²) in [6.07, 6.45) is 4.98. The number of fused-ring (bicyclic) bond motifs is 1. The van der Waals surface area contributed by atoms with Crippen LogP contribution in [0, 0.1) is 29.0 Å². The van der Waals surface area contributed by atoms with Gasteiger partial charge in [-0.15, -0.1) is 0 Å². The highest BCUT2D eigenvalue weighted by molar-refractivity contribution is 5.74. The third kappa shape index (κ3) is 3.06. The number of nitrogens with zero attached hydrogens (tertiary/aromatic N) is 2. The SMILES string of the molecule is N#Cc1ccc(CNC(=O)N2CC3CCCCC3C2)c(F)c1. The van der Waals surface area contributed by atoms with Crippen molar-refractivity contribution >= 4 is 6.03 Å². The summed E-state index contributed by atoms with van der Waals surface area (Å²) in [5.41, 5.74) is 0.695. The maximum absolute atomic E-state index is 13.8. The fraction of sp³-hybridized carbons (Fsp3) is 0.529. The second-order valence-corrected chi connectivity index (χ2v) is 6.29. The highest BCUT2D eigenvalue weighted by atomic mass is 19.1. The Labute approximate surface area is 129 Å². The van der Waals surface area contributed by atoms with Crippen molar-refractivity contribution in [2.24, 2.45) is 11.8 Å². The molecule has 3 rings (SSSR count). The van der Waals surface area contributed by atoms with Gasteiger partial charge in [0.25, 0.3) is 0 Å². The monoisotopic (exact) mass is 301 g/mol. The lowest BCUT2D eigenvalue weighted by Crippen LogP contribution is -2.38. The van der Waals surface area contributed by atoms with Crippen molar-refractivity contribution < 1.29 is 9.18 Å². The van der Waals surface area contributed by atoms with E-state index < -0.39 is 5.82 Å². The van der Waals surface area contributed by atoms with Gasteiger partial charge in [0.1, 0.15) is 5.82 Å². The number of halogens is 1. The van der Waals surface area contributed by atoms with Crippen LogP contribution in [0.1, 0.15) is 36.8 Å². The fourth-order valence-corrected chi connectivity index (χ4v) is 3.61. The summed E-state index contributed by atoms with van der Waals surface area (Å²) in [6, 6.07) is 6.10. The summed E-state index contributed by atoms with van der Waals surface area (Å²) in [7, 11) is 0. The minimum Gasteiger partial charge on any atom is -0.334 e. The third-order valence-corrected chi connectivity index (χ3v) is 4.88. The van der Waals surface area contributed by atoms with Crippen LogP contribution < -0.4 is 5.32 Å². The van der Waals surface area contributed by atoms with Crippen LogP contribution in [0.15, 0.2) is 18.2 Å². The lowest BCUT2D eigenvalue weighted by atomic mass is 9.82. The van der Waals surface area contributed by atoms with Crippen molar-refractivity contribution in [3.8, 4) is 6.07 Å². The van der Waals surface area contributed by atoms with Crippen LogP contribution in [0.4, 0.5) is 9.18 Å². The number of rotatable bonds is 2. The van der Waals surface area contributed by atoms with E-state index in [9.17, 15) is 9.18 Å². The number of nitrogens with one attached hydrogen (secondary N) is 1. The molecule has 22 heavy (non-hydrogen) atoms. The van der Waals surface area contributed by atoms with E-state index in [1.54, 1.807) is 12.1 Å². The van der Waals surface area contributed by atoms with Crippen molar-refractivity contribution in [2.45, 2.75) is 32.2 Å². The number of nitriles is 1. The van der Waals surface area contributed by atoms with Crippen LogP contribution in [0.2, 0.25) is 0 Å². The molecular formula is C17H20FN3O. The lowest BCUT2D eigenvalue weighted by molar-refractivity contribution is 0.205. The number of benzene rings is 1. The van der Waals surface area contributed by atoms with Crippen LogP contribution in [0.25, 0.3) is 0 Å². The molecule has 0 bridgehead atoms. The predicted molar refractivity (Wildman–Crippen MR) is 80.4 cm³/mol. The second-order valence-electron chi connectivity index (χ2n) is 6.29. The van der Waals surface area contributed by atoms with Crippen molar-refractivity contribution in [2.75, 3.05) is 13.1 Å². The topological polar surface area (TPSA) is 56.1 Å². The first kappa shape index (κ1) is 14.8. The minimum atomic E-state index is -0.450. The molecule has 0 radical (unpaired) electrons. The molecule has 2 fully saturated rings. The van der Waals surface area contributed by atoms with E-state index in [1.165, 1.54) is 31.7 Å². The Morgan fingerprint density at radius 1 is 1.32 bits per heavy atom. The van der Waals surface area contributed by atoms with Gasteiger partial charge in [0.2, 0.25) is 0 Å². The van der Waals surface area contributed by atoms with Gasteiger partial charge >= 0.3 is 6.03 Å². The number of carbonyl (C=O) groups excluding carboxylic acids is 1. The molecule has 4 nitrogen and oxygen atoms in total. The first-order chi connectivity index (χ1) is 10.7. The van der Waals surface area contributed by atoms with Crippen LogP contribution in [-0.2, 0) is 6.54 Å². The second kappa shape index (κ2) is 6.35. The largest absolute Gasteiger partial charge is 0.334 e. The summed E-state index contributed by atoms with van der Waals surface area (Å²) in [5.74, 6) is 0.840. The normalized spacial score (nSPS) is 23.7. The standard InChI is InChI=1S/C17H20FN3O/c18-16-7-12(8-19)5-6-13(16)9-20-17(22)21-10-14-3-1-2-4-15(14)11-21/h5-7,14-15H,1-4,9-11H2,(H,20,22). The van der Waals surface area contributed by atoms with Gasteiger partial charge in [0, 0.05) is 25.2 Å². The van der Waals surface area contributed by atoms with Crippen LogP contribution in [0.5, 0.6) is 0 Å². The maximum atomic E-state index is 13.8. The van der Waals surface area contributed by atoms with Gasteiger partial charge in [0.15, 0.2) is 0 Å². The summed E-state index contributed by atoms with van der Waals surface area (Å²) >= 11 is 0. The number of carbonyl (C=O) groups is 1. The summed E-state index contributed by atoms with van der Waals surface area (Å²) in [6.45, 7) is 1.81. The molecule has 2 amide bonds. The molecule has 1 N–H and O–H groups in total. The van der Waals surface area contributed by atoms with Gasteiger partial charge in [-0.1, -0.05) is 18.9 Å². The first-order valence-corrected chi connectivity index (χ1v) is 7.88. The van der Waals surface area contributed by atoms with Crippen LogP contribution in [0.3, 0.4) is 0 Å². The first-order valence-electron chi connectivity index (χ1n) is 7.88. The molecule has 1 saturated heterocycles. The highest BCUT2D eigenvalue weighted by Crippen LogP contribution is 2.35. The molecule has 2 aliphatic rings. The smallest absolute Gasteiger partial charge is 0.317 e. The van der Waals surface area contributed by atoms with Gasteiger partial charge in [-0.25, -0.2) is 9.18 Å². The molecule has 0 spiro atoms. The van der Waals surface area contributed by atoms with Gasteiger partial charge in [-0.2, -0.15) is 5.26 Å². The zero-order valence-corrected chi connectivity index (χ0v) is 12.5. The lowest BCUT2D eigenvalue weighted by Gasteiger charge is -2.22. The van der Waals surface area contributed by atoms with E-state index in [0.717, 1.165) is 13.1 Å². The zero-order chi connectivity index (χ0) is 15.5. The Balaban J connectivity index is 1.55. The summed E-state index contributed by atoms with van der Waals surface area (Å²) in [4.78, 5) is 14.1. The molecule has 1 aromatic rings. The van der Waals surface area contributed by atoms with Crippen molar-refractivity contribution in [1.29, 1.82) is 5.26 Å². The number of hydrogen-bond acceptors (Lipinski definition) is 2. The Kier molecular flexibility index (Phi) is 4.28. The number of hydrogen-bond donors (Lipinski definition) is 1. The number of urea groups is 1. The zero-order valence-electron chi connectivity index (χ0n) is 12.5. The van der Waals surface area contributed by atoms with E-state index >= 15 is 0 Å². The molecular weight excluding hydrogens is 281 g/mol. The Morgan fingerprint density at radius 2 is 2.00 bits per heavy atom. The van der Waals surface area contributed by atoms with E-state index in [1.807, 2.05) is 11.0 Å². The molecule has 2 atom stereocenters. The molecule has 116 valence electrons. The average Bonchev–Trinajstić information content (AvgIpc) is 2.97. The van der Waals surface area contributed by atoms with Crippen LogP contribution >= 0.6 is 0 Å². The van der Waals surface area contributed by atoms with Gasteiger partial charge in [0.05, 0.1) is 11.6 Å². The fourth-order valence-electron chi connectivity index (χ4n) is 3.61. The molecule has 1 heterocycles. The number of likely N-dealkylation sites (tertiary alicyclic amines) is 1. The summed E-state index contributed by atoms with van der Waals surface area (Å²) in [5, 5.41) is 11.5. The highest BCUT2D eigenvalue weighted by Gasteiger charge is 2.36. The average molecular weight is 301 g/mol. The molecule has 0 aromatic heterocycles. The van der Waals surface area contributed by atoms with Crippen molar-refractivity contribution in [3.05, 3.63) is 35.1 Å². The minimum absolute atomic E-state index is 0.113. The Bertz CT molecular complexity index is 596. The molecule has 2 unspecified atom stereocenters. The van der Waals surface area contributed by atoms with Crippen molar-refractivity contribution in [1.82, 2.24) is 10.2 Å². The van der Waals surface area contributed by atoms with E-state index in [-0.39, 0.29) is 18.1 Å². The van der Waals surface area contributed by atoms with Gasteiger partial charge in [-0.05, 0) is 36.8 Å². The van der Waals surface area contributed by atoms with E-state index in [0.29, 0.717) is 17.4 Å². The predicted octanol–water partition coefficient (Wildman–Crippen LogP) is 3.03. The molecule has 1 saturated carbocycles. The molecule has 1 aromatic carbocycles. The molecule has 5 heteroatoms. The Morgan fingerprint density at radius 3 is 2.59 bits per heavy atom. The summed E-state index contributed by atoms with van der Waals surface area (Å²) < 4.78 is 13.8.